The van der Waals surface area contributed by atoms with Crippen LogP contribution in [0.15, 0.2) is 59.9 Å². The van der Waals surface area contributed by atoms with Gasteiger partial charge in [0, 0.05) is 37.1 Å². The van der Waals surface area contributed by atoms with E-state index in [-0.39, 0.29) is 5.75 Å². The summed E-state index contributed by atoms with van der Waals surface area (Å²) in [7, 11) is 1.74. The van der Waals surface area contributed by atoms with Gasteiger partial charge >= 0.3 is 0 Å². The Morgan fingerprint density at radius 3 is 2.65 bits per heavy atom. The van der Waals surface area contributed by atoms with Crippen molar-refractivity contribution < 1.29 is 13.5 Å². The first-order chi connectivity index (χ1) is 15.0. The molecule has 4 rings (SSSR count). The van der Waals surface area contributed by atoms with Gasteiger partial charge in [-0.15, -0.1) is 0 Å². The SMILES string of the molecule is CN=C(C)N/C=C\n1cc(-c2ccc(Oc3cccc(F)c3F)cc2)nc1C1CCC1. The molecule has 1 heterocycles. The maximum atomic E-state index is 13.8. The number of amidine groups is 1. The molecule has 0 radical (unpaired) electrons. The van der Waals surface area contributed by atoms with E-state index in [4.69, 9.17) is 9.72 Å². The summed E-state index contributed by atoms with van der Waals surface area (Å²) >= 11 is 0. The highest BCUT2D eigenvalue weighted by atomic mass is 19.2. The number of halogens is 2. The molecule has 0 saturated heterocycles. The van der Waals surface area contributed by atoms with Gasteiger partial charge in [-0.3, -0.25) is 4.99 Å². The Morgan fingerprint density at radius 1 is 1.19 bits per heavy atom. The van der Waals surface area contributed by atoms with E-state index in [0.29, 0.717) is 11.7 Å². The molecule has 31 heavy (non-hydrogen) atoms. The zero-order chi connectivity index (χ0) is 21.8. The van der Waals surface area contributed by atoms with Gasteiger partial charge < -0.3 is 14.6 Å². The first-order valence-corrected chi connectivity index (χ1v) is 10.2. The van der Waals surface area contributed by atoms with E-state index in [1.54, 1.807) is 19.2 Å². The van der Waals surface area contributed by atoms with Crippen molar-refractivity contribution in [3.63, 3.8) is 0 Å². The highest BCUT2D eigenvalue weighted by Crippen LogP contribution is 2.37. The van der Waals surface area contributed by atoms with E-state index in [1.165, 1.54) is 18.6 Å². The number of benzene rings is 2. The highest BCUT2D eigenvalue weighted by Gasteiger charge is 2.24. The molecule has 1 N–H and O–H groups in total. The third-order valence-electron chi connectivity index (χ3n) is 5.39. The maximum Gasteiger partial charge on any atom is 0.201 e. The Balaban J connectivity index is 1.55. The van der Waals surface area contributed by atoms with Crippen LogP contribution in [0.1, 0.15) is 37.9 Å². The lowest BCUT2D eigenvalue weighted by atomic mass is 9.85. The Bertz CT molecular complexity index is 1120. The van der Waals surface area contributed by atoms with E-state index >= 15 is 0 Å². The van der Waals surface area contributed by atoms with Crippen LogP contribution in [0.4, 0.5) is 8.78 Å². The number of nitrogens with zero attached hydrogens (tertiary/aromatic N) is 3. The number of aliphatic imine (C=N–C) groups is 1. The van der Waals surface area contributed by atoms with Crippen LogP contribution in [0.25, 0.3) is 17.5 Å². The van der Waals surface area contributed by atoms with Gasteiger partial charge in [0.15, 0.2) is 11.6 Å². The van der Waals surface area contributed by atoms with Gasteiger partial charge in [-0.05, 0) is 56.2 Å². The fourth-order valence-electron chi connectivity index (χ4n) is 3.32. The minimum Gasteiger partial charge on any atom is -0.454 e. The molecule has 0 atom stereocenters. The van der Waals surface area contributed by atoms with Gasteiger partial charge in [0.1, 0.15) is 11.6 Å². The molecular weight excluding hydrogens is 398 g/mol. The van der Waals surface area contributed by atoms with Crippen LogP contribution in [-0.4, -0.2) is 22.4 Å². The molecule has 2 aromatic carbocycles. The molecule has 1 aliphatic carbocycles. The summed E-state index contributed by atoms with van der Waals surface area (Å²) in [6.07, 6.45) is 9.28. The van der Waals surface area contributed by atoms with E-state index in [9.17, 15) is 8.78 Å². The number of rotatable bonds is 6. The number of nitrogens with one attached hydrogen (secondary N) is 1. The number of hydrogen-bond acceptors (Lipinski definition) is 3. The molecule has 1 fully saturated rings. The highest BCUT2D eigenvalue weighted by molar-refractivity contribution is 5.80. The van der Waals surface area contributed by atoms with Crippen molar-refractivity contribution in [3.8, 4) is 22.8 Å². The molecule has 0 aliphatic heterocycles. The van der Waals surface area contributed by atoms with Crippen LogP contribution in [0.3, 0.4) is 0 Å². The predicted molar refractivity (Wildman–Crippen MR) is 118 cm³/mol. The largest absolute Gasteiger partial charge is 0.454 e. The Morgan fingerprint density at radius 2 is 1.97 bits per heavy atom. The molecule has 160 valence electrons. The molecule has 5 nitrogen and oxygen atoms in total. The number of ether oxygens (including phenoxy) is 1. The van der Waals surface area contributed by atoms with Crippen LogP contribution in [0.2, 0.25) is 0 Å². The van der Waals surface area contributed by atoms with Crippen molar-refractivity contribution in [1.29, 1.82) is 0 Å². The van der Waals surface area contributed by atoms with Gasteiger partial charge in [0.25, 0.3) is 0 Å². The second kappa shape index (κ2) is 9.12. The molecule has 0 amide bonds. The van der Waals surface area contributed by atoms with Crippen molar-refractivity contribution in [2.75, 3.05) is 7.05 Å². The van der Waals surface area contributed by atoms with Crippen LogP contribution < -0.4 is 10.1 Å². The Hall–Kier alpha value is -3.48. The lowest BCUT2D eigenvalue weighted by Crippen LogP contribution is -2.15. The molecule has 1 aliphatic rings. The lowest BCUT2D eigenvalue weighted by molar-refractivity contribution is 0.399. The zero-order valence-electron chi connectivity index (χ0n) is 17.5. The zero-order valence-corrected chi connectivity index (χ0v) is 17.5. The number of aromatic nitrogens is 2. The summed E-state index contributed by atoms with van der Waals surface area (Å²) in [5, 5.41) is 3.12. The van der Waals surface area contributed by atoms with Crippen LogP contribution >= 0.6 is 0 Å². The second-order valence-corrected chi connectivity index (χ2v) is 7.47. The van der Waals surface area contributed by atoms with E-state index in [2.05, 4.69) is 10.3 Å². The first kappa shape index (κ1) is 20.8. The molecular formula is C24H24F2N4O. The normalized spacial score (nSPS) is 14.6. The van der Waals surface area contributed by atoms with Gasteiger partial charge in [-0.1, -0.05) is 12.5 Å². The number of hydrogen-bond donors (Lipinski definition) is 1. The topological polar surface area (TPSA) is 51.4 Å². The van der Waals surface area contributed by atoms with Crippen LogP contribution in [0, 0.1) is 11.6 Å². The Labute approximate surface area is 180 Å². The van der Waals surface area contributed by atoms with Crippen LogP contribution in [-0.2, 0) is 0 Å². The fourth-order valence-corrected chi connectivity index (χ4v) is 3.32. The summed E-state index contributed by atoms with van der Waals surface area (Å²) in [4.78, 5) is 8.94. The molecule has 3 aromatic rings. The maximum absolute atomic E-state index is 13.8. The Kier molecular flexibility index (Phi) is 6.11. The van der Waals surface area contributed by atoms with Gasteiger partial charge in [-0.25, -0.2) is 9.37 Å². The lowest BCUT2D eigenvalue weighted by Gasteiger charge is -2.24. The van der Waals surface area contributed by atoms with Crippen LogP contribution in [0.5, 0.6) is 11.5 Å². The molecule has 7 heteroatoms. The summed E-state index contributed by atoms with van der Waals surface area (Å²) < 4.78 is 34.7. The summed E-state index contributed by atoms with van der Waals surface area (Å²) in [6, 6.07) is 11.0. The van der Waals surface area contributed by atoms with E-state index in [1.807, 2.05) is 42.2 Å². The third kappa shape index (κ3) is 4.66. The molecule has 0 unspecified atom stereocenters. The molecule has 0 bridgehead atoms. The summed E-state index contributed by atoms with van der Waals surface area (Å²) in [6.45, 7) is 1.90. The quantitative estimate of drug-likeness (QED) is 0.394. The smallest absolute Gasteiger partial charge is 0.201 e. The summed E-state index contributed by atoms with van der Waals surface area (Å²) in [5.74, 6) is 0.654. The second-order valence-electron chi connectivity index (χ2n) is 7.47. The fraction of sp³-hybridized carbons (Fsp3) is 0.250. The first-order valence-electron chi connectivity index (χ1n) is 10.2. The standard InChI is InChI=1S/C24H24F2N4O/c1-16(27-2)28-13-14-30-15-21(29-24(30)18-5-3-6-18)17-9-11-19(12-10-17)31-22-8-4-7-20(25)23(22)26/h4,7-15,18H,3,5-6H2,1-2H3,(H,27,28)/b14-13-. The predicted octanol–water partition coefficient (Wildman–Crippen LogP) is 5.95. The molecule has 1 saturated carbocycles. The average Bonchev–Trinajstić information content (AvgIpc) is 3.14. The summed E-state index contributed by atoms with van der Waals surface area (Å²) in [5.41, 5.74) is 1.76. The minimum absolute atomic E-state index is 0.146. The minimum atomic E-state index is -1.00. The third-order valence-corrected chi connectivity index (χ3v) is 5.39. The molecule has 1 aromatic heterocycles. The van der Waals surface area contributed by atoms with Gasteiger partial charge in [0.2, 0.25) is 5.82 Å². The van der Waals surface area contributed by atoms with Crippen molar-refractivity contribution in [1.82, 2.24) is 14.9 Å². The van der Waals surface area contributed by atoms with Crippen molar-refractivity contribution >= 4 is 12.0 Å². The van der Waals surface area contributed by atoms with E-state index < -0.39 is 11.6 Å². The van der Waals surface area contributed by atoms with Crippen molar-refractivity contribution in [3.05, 3.63) is 72.3 Å². The van der Waals surface area contributed by atoms with Gasteiger partial charge in [0.05, 0.1) is 11.5 Å². The van der Waals surface area contributed by atoms with E-state index in [0.717, 1.165) is 41.8 Å². The monoisotopic (exact) mass is 422 g/mol. The van der Waals surface area contributed by atoms with Crippen molar-refractivity contribution in [2.45, 2.75) is 32.1 Å². The number of imidazole rings is 1. The average molecular weight is 422 g/mol. The molecule has 0 spiro atoms. The van der Waals surface area contributed by atoms with Crippen molar-refractivity contribution in [2.24, 2.45) is 4.99 Å². The van der Waals surface area contributed by atoms with Gasteiger partial charge in [-0.2, -0.15) is 4.39 Å².